The zero-order chi connectivity index (χ0) is 25.3. The van der Waals surface area contributed by atoms with Crippen LogP contribution in [-0.4, -0.2) is 65.2 Å². The van der Waals surface area contributed by atoms with Crippen molar-refractivity contribution in [3.8, 4) is 0 Å². The van der Waals surface area contributed by atoms with Gasteiger partial charge in [0.05, 0.1) is 18.2 Å². The fourth-order valence-electron chi connectivity index (χ4n) is 4.63. The lowest BCUT2D eigenvalue weighted by molar-refractivity contribution is -0.145. The minimum absolute atomic E-state index is 0.168. The first-order chi connectivity index (χ1) is 16.7. The second-order valence-corrected chi connectivity index (χ2v) is 9.73. The largest absolute Gasteiger partial charge is 0.462 e. The number of fused-ring (bicyclic) bond motifs is 3. The molecule has 2 heterocycles. The first-order valence-electron chi connectivity index (χ1n) is 11.7. The molecule has 0 bridgehead atoms. The maximum atomic E-state index is 13.3. The van der Waals surface area contributed by atoms with E-state index in [4.69, 9.17) is 16.3 Å². The summed E-state index contributed by atoms with van der Waals surface area (Å²) in [7, 11) is 3.37. The predicted octanol–water partition coefficient (Wildman–Crippen LogP) is 4.15. The molecule has 0 aliphatic carbocycles. The van der Waals surface area contributed by atoms with Crippen LogP contribution in [0.15, 0.2) is 48.5 Å². The summed E-state index contributed by atoms with van der Waals surface area (Å²) in [4.78, 5) is 45.4. The highest BCUT2D eigenvalue weighted by Gasteiger charge is 2.43. The molecule has 4 rings (SSSR count). The Hall–Kier alpha value is -3.32. The first-order valence-corrected chi connectivity index (χ1v) is 12.2. The molecule has 184 valence electrons. The molecule has 1 aromatic heterocycles. The number of hydrogen-bond donors (Lipinski definition) is 1. The van der Waals surface area contributed by atoms with Crippen LogP contribution >= 0.6 is 11.6 Å². The Labute approximate surface area is 210 Å². The van der Waals surface area contributed by atoms with Crippen molar-refractivity contribution in [2.75, 3.05) is 26.6 Å². The van der Waals surface area contributed by atoms with Crippen LogP contribution < -0.4 is 0 Å². The lowest BCUT2D eigenvalue weighted by Crippen LogP contribution is -2.54. The van der Waals surface area contributed by atoms with Crippen LogP contribution in [0.2, 0.25) is 0 Å². The van der Waals surface area contributed by atoms with E-state index in [-0.39, 0.29) is 23.6 Å². The lowest BCUT2D eigenvalue weighted by atomic mass is 9.87. The Morgan fingerprint density at radius 2 is 1.80 bits per heavy atom. The highest BCUT2D eigenvalue weighted by Crippen LogP contribution is 2.41. The van der Waals surface area contributed by atoms with Crippen molar-refractivity contribution in [1.82, 2.24) is 14.8 Å². The highest BCUT2D eigenvalue weighted by atomic mass is 35.5. The number of ether oxygens (including phenoxy) is 1. The third-order valence-electron chi connectivity index (χ3n) is 6.27. The number of aromatic nitrogens is 1. The number of rotatable bonds is 6. The van der Waals surface area contributed by atoms with E-state index in [0.29, 0.717) is 18.6 Å². The Kier molecular flexibility index (Phi) is 7.17. The van der Waals surface area contributed by atoms with E-state index in [1.807, 2.05) is 50.2 Å². The number of para-hydroxylation sites is 1. The summed E-state index contributed by atoms with van der Waals surface area (Å²) in [5, 5.41) is 1.02. The SMILES string of the molecule is CC(C)COC(=O)c1ccc([C@@H]2c3[nH]c4ccccc4c3C[C@H](C(=O)N(C)C)N2C(=O)CCl)cc1. The van der Waals surface area contributed by atoms with Gasteiger partial charge in [0.15, 0.2) is 0 Å². The minimum atomic E-state index is -0.705. The number of hydrogen-bond acceptors (Lipinski definition) is 4. The standard InChI is InChI=1S/C27H30ClN3O4/c1-16(2)15-35-27(34)18-11-9-17(10-12-18)25-24-20(19-7-5-6-8-21(19)29-24)13-22(26(33)30(3)4)31(25)23(32)14-28/h5-12,16,22,25,29H,13-15H2,1-4H3/t22-,25-/m1/s1. The Bertz CT molecular complexity index is 1250. The van der Waals surface area contributed by atoms with E-state index in [1.54, 1.807) is 31.1 Å². The minimum Gasteiger partial charge on any atom is -0.462 e. The van der Waals surface area contributed by atoms with Gasteiger partial charge in [0.1, 0.15) is 11.9 Å². The zero-order valence-corrected chi connectivity index (χ0v) is 21.1. The monoisotopic (exact) mass is 495 g/mol. The van der Waals surface area contributed by atoms with Crippen LogP contribution in [-0.2, 0) is 20.7 Å². The van der Waals surface area contributed by atoms with Crippen molar-refractivity contribution in [3.05, 3.63) is 70.9 Å². The van der Waals surface area contributed by atoms with Crippen LogP contribution in [0.25, 0.3) is 10.9 Å². The first kappa shape index (κ1) is 24.8. The van der Waals surface area contributed by atoms with Crippen LogP contribution in [0.3, 0.4) is 0 Å². The molecule has 7 nitrogen and oxygen atoms in total. The number of amides is 2. The zero-order valence-electron chi connectivity index (χ0n) is 20.4. The number of esters is 1. The summed E-state index contributed by atoms with van der Waals surface area (Å²) >= 11 is 6.03. The molecule has 0 radical (unpaired) electrons. The molecule has 8 heteroatoms. The molecule has 0 saturated heterocycles. The van der Waals surface area contributed by atoms with Crippen molar-refractivity contribution >= 4 is 40.3 Å². The second-order valence-electron chi connectivity index (χ2n) is 9.47. The molecule has 1 aliphatic heterocycles. The molecule has 2 amide bonds. The molecule has 0 saturated carbocycles. The van der Waals surface area contributed by atoms with E-state index in [1.165, 1.54) is 4.90 Å². The number of benzene rings is 2. The van der Waals surface area contributed by atoms with Crippen LogP contribution in [0.5, 0.6) is 0 Å². The fraction of sp³-hybridized carbons (Fsp3) is 0.370. The Morgan fingerprint density at radius 1 is 1.11 bits per heavy atom. The number of likely N-dealkylation sites (N-methyl/N-ethyl adjacent to an activating group) is 1. The topological polar surface area (TPSA) is 82.7 Å². The van der Waals surface area contributed by atoms with E-state index in [2.05, 4.69) is 4.98 Å². The molecular weight excluding hydrogens is 466 g/mol. The van der Waals surface area contributed by atoms with Crippen molar-refractivity contribution in [3.63, 3.8) is 0 Å². The third kappa shape index (κ3) is 4.78. The summed E-state index contributed by atoms with van der Waals surface area (Å²) in [6, 6.07) is 13.6. The molecule has 35 heavy (non-hydrogen) atoms. The number of nitrogens with one attached hydrogen (secondary N) is 1. The number of alkyl halides is 1. The summed E-state index contributed by atoms with van der Waals surface area (Å²) in [6.07, 6.45) is 0.384. The molecular formula is C27H30ClN3O4. The van der Waals surface area contributed by atoms with E-state index >= 15 is 0 Å². The number of H-pyrrole nitrogens is 1. The molecule has 0 spiro atoms. The molecule has 0 fully saturated rings. The molecule has 2 atom stereocenters. The summed E-state index contributed by atoms with van der Waals surface area (Å²) in [5.74, 6) is -0.903. The second kappa shape index (κ2) is 10.1. The normalized spacial score (nSPS) is 17.4. The van der Waals surface area contributed by atoms with Gasteiger partial charge in [-0.05, 0) is 35.2 Å². The van der Waals surface area contributed by atoms with E-state index in [9.17, 15) is 14.4 Å². The van der Waals surface area contributed by atoms with E-state index in [0.717, 1.165) is 27.7 Å². The molecule has 1 N–H and O–H groups in total. The maximum absolute atomic E-state index is 13.3. The summed E-state index contributed by atoms with van der Waals surface area (Å²) in [5.41, 5.74) is 3.99. The van der Waals surface area contributed by atoms with Crippen LogP contribution in [0.4, 0.5) is 0 Å². The van der Waals surface area contributed by atoms with Crippen molar-refractivity contribution < 1.29 is 19.1 Å². The van der Waals surface area contributed by atoms with Gasteiger partial charge in [-0.2, -0.15) is 0 Å². The van der Waals surface area contributed by atoms with Gasteiger partial charge in [-0.15, -0.1) is 11.6 Å². The maximum Gasteiger partial charge on any atom is 0.338 e. The number of carbonyl (C=O) groups is 3. The Morgan fingerprint density at radius 3 is 2.43 bits per heavy atom. The van der Waals surface area contributed by atoms with Gasteiger partial charge >= 0.3 is 5.97 Å². The van der Waals surface area contributed by atoms with Gasteiger partial charge in [0.25, 0.3) is 0 Å². The summed E-state index contributed by atoms with van der Waals surface area (Å²) < 4.78 is 5.35. The average Bonchev–Trinajstić information content (AvgIpc) is 3.23. The highest BCUT2D eigenvalue weighted by molar-refractivity contribution is 6.27. The van der Waals surface area contributed by atoms with Crippen LogP contribution in [0.1, 0.15) is 47.1 Å². The fourth-order valence-corrected chi connectivity index (χ4v) is 4.77. The molecule has 3 aromatic rings. The lowest BCUT2D eigenvalue weighted by Gasteiger charge is -2.42. The van der Waals surface area contributed by atoms with Gasteiger partial charge in [-0.1, -0.05) is 44.2 Å². The predicted molar refractivity (Wildman–Crippen MR) is 135 cm³/mol. The smallest absolute Gasteiger partial charge is 0.338 e. The van der Waals surface area contributed by atoms with Crippen molar-refractivity contribution in [1.29, 1.82) is 0 Å². The third-order valence-corrected chi connectivity index (χ3v) is 6.50. The summed E-state index contributed by atoms with van der Waals surface area (Å²) in [6.45, 7) is 4.30. The van der Waals surface area contributed by atoms with Gasteiger partial charge in [-0.25, -0.2) is 4.79 Å². The van der Waals surface area contributed by atoms with Gasteiger partial charge in [0, 0.05) is 37.1 Å². The molecule has 0 unspecified atom stereocenters. The van der Waals surface area contributed by atoms with Crippen molar-refractivity contribution in [2.24, 2.45) is 5.92 Å². The number of carbonyl (C=O) groups excluding carboxylic acids is 3. The van der Waals surface area contributed by atoms with Gasteiger partial charge < -0.3 is 19.5 Å². The van der Waals surface area contributed by atoms with Gasteiger partial charge in [-0.3, -0.25) is 9.59 Å². The van der Waals surface area contributed by atoms with Gasteiger partial charge in [0.2, 0.25) is 11.8 Å². The molecule has 1 aliphatic rings. The Balaban J connectivity index is 1.83. The molecule has 2 aromatic carbocycles. The average molecular weight is 496 g/mol. The quantitative estimate of drug-likeness (QED) is 0.411. The number of halogens is 1. The van der Waals surface area contributed by atoms with Crippen LogP contribution in [0, 0.1) is 5.92 Å². The van der Waals surface area contributed by atoms with E-state index < -0.39 is 18.1 Å². The van der Waals surface area contributed by atoms with Crippen molar-refractivity contribution in [2.45, 2.75) is 32.4 Å². The number of aromatic amines is 1. The number of nitrogens with zero attached hydrogens (tertiary/aromatic N) is 2.